The fourth-order valence-corrected chi connectivity index (χ4v) is 5.24. The summed E-state index contributed by atoms with van der Waals surface area (Å²) in [6, 6.07) is 12.2. The average molecular weight is 448 g/mol. The lowest BCUT2D eigenvalue weighted by molar-refractivity contribution is 0.498. The van der Waals surface area contributed by atoms with Crippen LogP contribution in [0.15, 0.2) is 57.6 Å². The summed E-state index contributed by atoms with van der Waals surface area (Å²) in [4.78, 5) is 26.3. The zero-order chi connectivity index (χ0) is 22.6. The molecule has 0 amide bonds. The van der Waals surface area contributed by atoms with Crippen molar-refractivity contribution in [3.63, 3.8) is 0 Å². The second-order valence-corrected chi connectivity index (χ2v) is 9.53. The van der Waals surface area contributed by atoms with Gasteiger partial charge in [0.15, 0.2) is 5.65 Å². The number of fused-ring (bicyclic) bond motifs is 2. The topological polar surface area (TPSA) is 66.8 Å². The molecule has 4 aromatic heterocycles. The van der Waals surface area contributed by atoms with Crippen LogP contribution >= 0.6 is 11.3 Å². The van der Waals surface area contributed by atoms with E-state index in [9.17, 15) is 9.59 Å². The van der Waals surface area contributed by atoms with Crippen LogP contribution in [-0.4, -0.2) is 23.5 Å². The number of nitrogens with zero attached hydrogens (tertiary/aromatic N) is 5. The number of thiophene rings is 1. The molecule has 0 N–H and O–H groups in total. The maximum atomic E-state index is 13.3. The van der Waals surface area contributed by atoms with Crippen molar-refractivity contribution < 1.29 is 0 Å². The van der Waals surface area contributed by atoms with Gasteiger partial charge in [-0.05, 0) is 40.4 Å². The standard InChI is InChI=1S/C24H25N5O2S/c1-15(2)12-28-22-20(23(30)27(4)24(28)31)21(18-9-7-11-26(18)3)29(25-22)13-16-14-32-19-10-6-5-8-17(16)19/h5-11,14-15H,12-13H2,1-4H3. The maximum absolute atomic E-state index is 13.3. The molecule has 0 aliphatic rings. The van der Waals surface area contributed by atoms with E-state index < -0.39 is 0 Å². The second kappa shape index (κ2) is 7.63. The minimum absolute atomic E-state index is 0.234. The van der Waals surface area contributed by atoms with E-state index in [2.05, 4.69) is 31.4 Å². The smallest absolute Gasteiger partial charge is 0.332 e. The summed E-state index contributed by atoms with van der Waals surface area (Å²) >= 11 is 1.70. The molecule has 7 nitrogen and oxygen atoms in total. The summed E-state index contributed by atoms with van der Waals surface area (Å²) in [5.74, 6) is 0.234. The predicted octanol–water partition coefficient (Wildman–Crippen LogP) is 3.82. The van der Waals surface area contributed by atoms with Crippen LogP contribution in [-0.2, 0) is 27.2 Å². The van der Waals surface area contributed by atoms with E-state index in [4.69, 9.17) is 5.10 Å². The summed E-state index contributed by atoms with van der Waals surface area (Å²) in [5.41, 5.74) is 2.56. The van der Waals surface area contributed by atoms with Gasteiger partial charge in [-0.25, -0.2) is 4.79 Å². The van der Waals surface area contributed by atoms with E-state index in [1.807, 2.05) is 46.8 Å². The third kappa shape index (κ3) is 3.14. The van der Waals surface area contributed by atoms with E-state index in [1.165, 1.54) is 14.7 Å². The molecule has 0 radical (unpaired) electrons. The molecule has 0 atom stereocenters. The predicted molar refractivity (Wildman–Crippen MR) is 129 cm³/mol. The molecular weight excluding hydrogens is 422 g/mol. The Morgan fingerprint density at radius 3 is 2.56 bits per heavy atom. The summed E-state index contributed by atoms with van der Waals surface area (Å²) in [6.07, 6.45) is 1.95. The number of rotatable bonds is 5. The Kier molecular flexibility index (Phi) is 4.89. The van der Waals surface area contributed by atoms with Crippen molar-refractivity contribution in [3.8, 4) is 11.4 Å². The van der Waals surface area contributed by atoms with Crippen molar-refractivity contribution in [2.45, 2.75) is 26.9 Å². The lowest BCUT2D eigenvalue weighted by atomic mass is 10.1. The third-order valence-corrected chi connectivity index (χ3v) is 6.85. The van der Waals surface area contributed by atoms with E-state index in [0.29, 0.717) is 24.1 Å². The van der Waals surface area contributed by atoms with Gasteiger partial charge in [0, 0.05) is 31.5 Å². The first-order chi connectivity index (χ1) is 15.4. The van der Waals surface area contributed by atoms with Gasteiger partial charge in [-0.3, -0.25) is 18.6 Å². The number of hydrogen-bond donors (Lipinski definition) is 0. The molecule has 0 bridgehead atoms. The molecule has 5 rings (SSSR count). The van der Waals surface area contributed by atoms with Gasteiger partial charge in [-0.1, -0.05) is 32.0 Å². The highest BCUT2D eigenvalue weighted by Crippen LogP contribution is 2.30. The van der Waals surface area contributed by atoms with Gasteiger partial charge < -0.3 is 4.57 Å². The first-order valence-corrected chi connectivity index (χ1v) is 11.5. The lowest BCUT2D eigenvalue weighted by Gasteiger charge is -2.11. The molecule has 0 unspecified atom stereocenters. The SMILES string of the molecule is CC(C)Cn1c(=O)n(C)c(=O)c2c(-c3cccn3C)n(Cc3csc4ccccc34)nc21. The Labute approximate surface area is 188 Å². The normalized spacial score (nSPS) is 11.9. The summed E-state index contributed by atoms with van der Waals surface area (Å²) in [6.45, 7) is 5.11. The minimum Gasteiger partial charge on any atom is -0.349 e. The minimum atomic E-state index is -0.333. The van der Waals surface area contributed by atoms with Crippen LogP contribution < -0.4 is 11.2 Å². The van der Waals surface area contributed by atoms with Crippen LogP contribution in [0.4, 0.5) is 0 Å². The Morgan fingerprint density at radius 1 is 1.06 bits per heavy atom. The Morgan fingerprint density at radius 2 is 1.84 bits per heavy atom. The number of benzene rings is 1. The molecule has 0 aliphatic carbocycles. The van der Waals surface area contributed by atoms with E-state index in [-0.39, 0.29) is 17.2 Å². The maximum Gasteiger partial charge on any atom is 0.332 e. The first kappa shape index (κ1) is 20.5. The van der Waals surface area contributed by atoms with Crippen LogP contribution in [0.5, 0.6) is 0 Å². The van der Waals surface area contributed by atoms with Gasteiger partial charge in [-0.15, -0.1) is 11.3 Å². The van der Waals surface area contributed by atoms with Crippen molar-refractivity contribution in [2.24, 2.45) is 20.0 Å². The molecule has 32 heavy (non-hydrogen) atoms. The summed E-state index contributed by atoms with van der Waals surface area (Å²) in [7, 11) is 3.49. The number of hydrogen-bond acceptors (Lipinski definition) is 4. The highest BCUT2D eigenvalue weighted by atomic mass is 32.1. The molecular formula is C24H25N5O2S. The van der Waals surface area contributed by atoms with Crippen LogP contribution in [0.2, 0.25) is 0 Å². The molecule has 5 aromatic rings. The zero-order valence-corrected chi connectivity index (χ0v) is 19.4. The molecule has 4 heterocycles. The van der Waals surface area contributed by atoms with Crippen molar-refractivity contribution in [3.05, 3.63) is 74.4 Å². The zero-order valence-electron chi connectivity index (χ0n) is 18.6. The quantitative estimate of drug-likeness (QED) is 0.411. The molecule has 0 fully saturated rings. The highest BCUT2D eigenvalue weighted by Gasteiger charge is 2.24. The Balaban J connectivity index is 1.84. The van der Waals surface area contributed by atoms with Crippen LogP contribution in [0.25, 0.3) is 32.5 Å². The van der Waals surface area contributed by atoms with Crippen molar-refractivity contribution in [1.82, 2.24) is 23.5 Å². The highest BCUT2D eigenvalue weighted by molar-refractivity contribution is 7.17. The molecule has 0 spiro atoms. The fraction of sp³-hybridized carbons (Fsp3) is 0.292. The lowest BCUT2D eigenvalue weighted by Crippen LogP contribution is -2.38. The van der Waals surface area contributed by atoms with Gasteiger partial charge in [-0.2, -0.15) is 5.10 Å². The van der Waals surface area contributed by atoms with E-state index in [0.717, 1.165) is 17.0 Å². The fourth-order valence-electron chi connectivity index (χ4n) is 4.29. The van der Waals surface area contributed by atoms with Gasteiger partial charge in [0.25, 0.3) is 5.56 Å². The van der Waals surface area contributed by atoms with Crippen LogP contribution in [0.1, 0.15) is 19.4 Å². The van der Waals surface area contributed by atoms with Gasteiger partial charge in [0.2, 0.25) is 0 Å². The average Bonchev–Trinajstić information content (AvgIpc) is 3.47. The summed E-state index contributed by atoms with van der Waals surface area (Å²) in [5, 5.41) is 8.67. The van der Waals surface area contributed by atoms with E-state index >= 15 is 0 Å². The number of aryl methyl sites for hydroxylation is 1. The largest absolute Gasteiger partial charge is 0.349 e. The molecule has 8 heteroatoms. The van der Waals surface area contributed by atoms with Crippen LogP contribution in [0, 0.1) is 5.92 Å². The van der Waals surface area contributed by atoms with Gasteiger partial charge >= 0.3 is 5.69 Å². The van der Waals surface area contributed by atoms with Crippen molar-refractivity contribution >= 4 is 32.5 Å². The first-order valence-electron chi connectivity index (χ1n) is 10.6. The number of aromatic nitrogens is 5. The Bertz CT molecular complexity index is 1580. The monoisotopic (exact) mass is 447 g/mol. The second-order valence-electron chi connectivity index (χ2n) is 8.62. The molecule has 0 aliphatic heterocycles. The van der Waals surface area contributed by atoms with Gasteiger partial charge in [0.1, 0.15) is 11.1 Å². The summed E-state index contributed by atoms with van der Waals surface area (Å²) < 4.78 is 7.91. The molecule has 0 saturated heterocycles. The molecule has 1 aromatic carbocycles. The van der Waals surface area contributed by atoms with Crippen LogP contribution in [0.3, 0.4) is 0 Å². The van der Waals surface area contributed by atoms with Gasteiger partial charge in [0.05, 0.1) is 12.2 Å². The van der Waals surface area contributed by atoms with Crippen molar-refractivity contribution in [1.29, 1.82) is 0 Å². The third-order valence-electron chi connectivity index (χ3n) is 5.84. The van der Waals surface area contributed by atoms with Crippen molar-refractivity contribution in [2.75, 3.05) is 0 Å². The Hall–Kier alpha value is -3.39. The molecule has 0 saturated carbocycles. The van der Waals surface area contributed by atoms with E-state index in [1.54, 1.807) is 23.0 Å². The molecule has 164 valence electrons.